The summed E-state index contributed by atoms with van der Waals surface area (Å²) in [4.78, 5) is 0. The predicted molar refractivity (Wildman–Crippen MR) is 63.0 cm³/mol. The molecule has 2 aromatic rings. The fraction of sp³-hybridized carbons (Fsp3) is 0.385. The van der Waals surface area contributed by atoms with Gasteiger partial charge in [0.15, 0.2) is 0 Å². The van der Waals surface area contributed by atoms with E-state index >= 15 is 0 Å². The van der Waals surface area contributed by atoms with Gasteiger partial charge in [0.2, 0.25) is 0 Å². The molecule has 0 bridgehead atoms. The second-order valence-corrected chi connectivity index (χ2v) is 4.02. The summed E-state index contributed by atoms with van der Waals surface area (Å²) in [6, 6.07) is 7.19. The molecule has 3 heteroatoms. The van der Waals surface area contributed by atoms with Crippen molar-refractivity contribution < 1.29 is 8.81 Å². The van der Waals surface area contributed by atoms with Crippen LogP contribution in [0.2, 0.25) is 0 Å². The molecule has 0 aliphatic heterocycles. The zero-order chi connectivity index (χ0) is 11.5. The van der Waals surface area contributed by atoms with E-state index in [1.165, 1.54) is 11.6 Å². The average Bonchev–Trinajstić information content (AvgIpc) is 2.65. The van der Waals surface area contributed by atoms with Crippen LogP contribution in [0.25, 0.3) is 11.0 Å². The van der Waals surface area contributed by atoms with Crippen molar-refractivity contribution in [3.05, 3.63) is 35.8 Å². The first-order valence-corrected chi connectivity index (χ1v) is 5.58. The third kappa shape index (κ3) is 2.25. The summed E-state index contributed by atoms with van der Waals surface area (Å²) in [5.41, 5.74) is 1.80. The summed E-state index contributed by atoms with van der Waals surface area (Å²) in [6.45, 7) is 2.15. The number of furan rings is 1. The summed E-state index contributed by atoms with van der Waals surface area (Å²) in [7, 11) is 1.96. The molecule has 86 valence electrons. The summed E-state index contributed by atoms with van der Waals surface area (Å²) in [5, 5.41) is 4.07. The number of hydrogen-bond donors (Lipinski definition) is 1. The molecule has 0 unspecified atom stereocenters. The van der Waals surface area contributed by atoms with Gasteiger partial charge in [0.1, 0.15) is 5.58 Å². The molecule has 1 aromatic carbocycles. The van der Waals surface area contributed by atoms with E-state index in [9.17, 15) is 4.39 Å². The number of hydrogen-bond acceptors (Lipinski definition) is 2. The molecule has 1 N–H and O–H groups in total. The van der Waals surface area contributed by atoms with Crippen molar-refractivity contribution >= 4 is 11.0 Å². The normalized spacial score (nSPS) is 13.2. The van der Waals surface area contributed by atoms with Crippen LogP contribution < -0.4 is 5.32 Å². The van der Waals surface area contributed by atoms with Gasteiger partial charge in [0, 0.05) is 17.5 Å². The number of fused-ring (bicyclic) bond motifs is 1. The fourth-order valence-electron chi connectivity index (χ4n) is 1.91. The van der Waals surface area contributed by atoms with Gasteiger partial charge in [-0.25, -0.2) is 0 Å². The van der Waals surface area contributed by atoms with E-state index in [0.717, 1.165) is 18.2 Å². The van der Waals surface area contributed by atoms with Crippen LogP contribution in [0.3, 0.4) is 0 Å². The lowest BCUT2D eigenvalue weighted by molar-refractivity contribution is 0.381. The molecular weight excluding hydrogens is 205 g/mol. The Morgan fingerprint density at radius 3 is 2.88 bits per heavy atom. The van der Waals surface area contributed by atoms with Crippen molar-refractivity contribution in [1.29, 1.82) is 0 Å². The van der Waals surface area contributed by atoms with Crippen LogP contribution in [-0.4, -0.2) is 13.1 Å². The second kappa shape index (κ2) is 4.66. The van der Waals surface area contributed by atoms with E-state index in [4.69, 9.17) is 4.42 Å². The van der Waals surface area contributed by atoms with Gasteiger partial charge < -0.3 is 9.73 Å². The Hall–Kier alpha value is -1.35. The van der Waals surface area contributed by atoms with Gasteiger partial charge in [0.25, 0.3) is 6.01 Å². The Balaban J connectivity index is 2.24. The number of likely N-dealkylation sites (N-methyl/N-ethyl adjacent to an activating group) is 1. The number of benzene rings is 1. The maximum absolute atomic E-state index is 12.9. The minimum absolute atomic E-state index is 0.456. The van der Waals surface area contributed by atoms with E-state index < -0.39 is 6.01 Å². The average molecular weight is 221 g/mol. The molecule has 1 heterocycles. The van der Waals surface area contributed by atoms with Gasteiger partial charge in [-0.2, -0.15) is 4.39 Å². The zero-order valence-corrected chi connectivity index (χ0v) is 9.59. The molecule has 0 fully saturated rings. The largest absolute Gasteiger partial charge is 0.431 e. The Morgan fingerprint density at radius 1 is 1.38 bits per heavy atom. The minimum Gasteiger partial charge on any atom is -0.431 e. The highest BCUT2D eigenvalue weighted by Crippen LogP contribution is 2.20. The van der Waals surface area contributed by atoms with Crippen LogP contribution >= 0.6 is 0 Å². The molecule has 0 amide bonds. The van der Waals surface area contributed by atoms with Crippen molar-refractivity contribution in [2.24, 2.45) is 0 Å². The topological polar surface area (TPSA) is 25.2 Å². The van der Waals surface area contributed by atoms with Crippen LogP contribution in [0.5, 0.6) is 0 Å². The SMILES string of the molecule is CC[C@H](Cc1ccc2cc(F)oc2c1)NC. The first kappa shape index (κ1) is 11.1. The zero-order valence-electron chi connectivity index (χ0n) is 9.59. The number of nitrogens with one attached hydrogen (secondary N) is 1. The highest BCUT2D eigenvalue weighted by molar-refractivity contribution is 5.77. The quantitative estimate of drug-likeness (QED) is 0.858. The number of rotatable bonds is 4. The van der Waals surface area contributed by atoms with E-state index in [2.05, 4.69) is 12.2 Å². The minimum atomic E-state index is -0.521. The Kier molecular flexibility index (Phi) is 3.25. The van der Waals surface area contributed by atoms with E-state index in [1.807, 2.05) is 25.2 Å². The van der Waals surface area contributed by atoms with Crippen LogP contribution in [0.15, 0.2) is 28.7 Å². The van der Waals surface area contributed by atoms with Gasteiger partial charge in [-0.1, -0.05) is 19.1 Å². The van der Waals surface area contributed by atoms with Gasteiger partial charge in [-0.15, -0.1) is 0 Å². The molecule has 2 rings (SSSR count). The third-order valence-electron chi connectivity index (χ3n) is 2.94. The monoisotopic (exact) mass is 221 g/mol. The van der Waals surface area contributed by atoms with E-state index in [1.54, 1.807) is 0 Å². The van der Waals surface area contributed by atoms with Crippen LogP contribution in [0.1, 0.15) is 18.9 Å². The standard InChI is InChI=1S/C13H16FNO/c1-3-11(15-2)6-9-4-5-10-8-13(14)16-12(10)7-9/h4-5,7-8,11,15H,3,6H2,1-2H3/t11-/m1/s1. The van der Waals surface area contributed by atoms with Crippen molar-refractivity contribution in [3.8, 4) is 0 Å². The van der Waals surface area contributed by atoms with Crippen LogP contribution in [0, 0.1) is 6.01 Å². The van der Waals surface area contributed by atoms with Gasteiger partial charge in [0.05, 0.1) is 0 Å². The van der Waals surface area contributed by atoms with E-state index in [0.29, 0.717) is 11.6 Å². The molecule has 1 aromatic heterocycles. The van der Waals surface area contributed by atoms with Crippen molar-refractivity contribution in [2.75, 3.05) is 7.05 Å². The maximum atomic E-state index is 12.9. The highest BCUT2D eigenvalue weighted by Gasteiger charge is 2.07. The lowest BCUT2D eigenvalue weighted by Gasteiger charge is -2.13. The second-order valence-electron chi connectivity index (χ2n) is 4.02. The molecule has 0 saturated carbocycles. The maximum Gasteiger partial charge on any atom is 0.278 e. The molecule has 16 heavy (non-hydrogen) atoms. The predicted octanol–water partition coefficient (Wildman–Crippen LogP) is 3.11. The highest BCUT2D eigenvalue weighted by atomic mass is 19.1. The van der Waals surface area contributed by atoms with Crippen LogP contribution in [0.4, 0.5) is 4.39 Å². The lowest BCUT2D eigenvalue weighted by atomic mass is 10.0. The van der Waals surface area contributed by atoms with E-state index in [-0.39, 0.29) is 0 Å². The molecule has 0 radical (unpaired) electrons. The summed E-state index contributed by atoms with van der Waals surface area (Å²) < 4.78 is 17.8. The Labute approximate surface area is 94.4 Å². The summed E-state index contributed by atoms with van der Waals surface area (Å²) in [6.07, 6.45) is 2.01. The summed E-state index contributed by atoms with van der Waals surface area (Å²) in [5.74, 6) is 0. The molecule has 0 aliphatic carbocycles. The summed E-state index contributed by atoms with van der Waals surface area (Å²) >= 11 is 0. The van der Waals surface area contributed by atoms with Gasteiger partial charge in [-0.3, -0.25) is 0 Å². The van der Waals surface area contributed by atoms with Gasteiger partial charge >= 0.3 is 0 Å². The molecule has 2 nitrogen and oxygen atoms in total. The molecule has 0 saturated heterocycles. The van der Waals surface area contributed by atoms with Crippen molar-refractivity contribution in [2.45, 2.75) is 25.8 Å². The van der Waals surface area contributed by atoms with Gasteiger partial charge in [-0.05, 0) is 31.5 Å². The third-order valence-corrected chi connectivity index (χ3v) is 2.94. The Bertz CT molecular complexity index is 474. The van der Waals surface area contributed by atoms with Crippen LogP contribution in [-0.2, 0) is 6.42 Å². The molecular formula is C13H16FNO. The first-order chi connectivity index (χ1) is 7.72. The molecule has 0 aliphatic rings. The Morgan fingerprint density at radius 2 is 2.19 bits per heavy atom. The first-order valence-electron chi connectivity index (χ1n) is 5.58. The fourth-order valence-corrected chi connectivity index (χ4v) is 1.91. The molecule has 1 atom stereocenters. The number of halogens is 1. The smallest absolute Gasteiger partial charge is 0.278 e. The van der Waals surface area contributed by atoms with Crippen molar-refractivity contribution in [3.63, 3.8) is 0 Å². The molecule has 0 spiro atoms. The lowest BCUT2D eigenvalue weighted by Crippen LogP contribution is -2.26. The van der Waals surface area contributed by atoms with Crippen molar-refractivity contribution in [1.82, 2.24) is 5.32 Å².